The van der Waals surface area contributed by atoms with Gasteiger partial charge in [-0.2, -0.15) is 11.8 Å². The molecule has 3 atom stereocenters. The van der Waals surface area contributed by atoms with E-state index in [4.69, 9.17) is 0 Å². The van der Waals surface area contributed by atoms with Gasteiger partial charge in [0.2, 0.25) is 5.91 Å². The molecule has 7 heteroatoms. The molecular formula is C32H39FN2O3S. The van der Waals surface area contributed by atoms with Crippen molar-refractivity contribution < 1.29 is 18.8 Å². The number of aromatic nitrogens is 1. The first-order chi connectivity index (χ1) is 18.9. The number of halogens is 1. The van der Waals surface area contributed by atoms with Gasteiger partial charge in [-0.05, 0) is 92.3 Å². The number of hydrogen-bond acceptors (Lipinski definition) is 5. The summed E-state index contributed by atoms with van der Waals surface area (Å²) in [5.74, 6) is 1.03. The van der Waals surface area contributed by atoms with Gasteiger partial charge in [0.05, 0.1) is 23.7 Å². The Morgan fingerprint density at radius 3 is 2.49 bits per heavy atom. The summed E-state index contributed by atoms with van der Waals surface area (Å²) in [6.07, 6.45) is 8.40. The van der Waals surface area contributed by atoms with Crippen molar-refractivity contribution in [1.82, 2.24) is 10.3 Å². The van der Waals surface area contributed by atoms with Crippen LogP contribution in [0.15, 0.2) is 42.6 Å². The first-order valence-corrected chi connectivity index (χ1v) is 15.7. The van der Waals surface area contributed by atoms with Crippen molar-refractivity contribution in [3.63, 3.8) is 0 Å². The zero-order chi connectivity index (χ0) is 27.4. The number of carbonyl (C=O) groups excluding carboxylic acids is 3. The Hall–Kier alpha value is -2.54. The molecule has 1 aliphatic heterocycles. The van der Waals surface area contributed by atoms with E-state index in [9.17, 15) is 18.8 Å². The molecule has 1 aromatic carbocycles. The van der Waals surface area contributed by atoms with Gasteiger partial charge in [0, 0.05) is 18.0 Å². The largest absolute Gasteiger partial charge is 0.353 e. The molecule has 1 amide bonds. The fraction of sp³-hybridized carbons (Fsp3) is 0.562. The number of rotatable bonds is 8. The van der Waals surface area contributed by atoms with E-state index in [1.54, 1.807) is 0 Å². The number of thioether (sulfide) groups is 1. The van der Waals surface area contributed by atoms with Gasteiger partial charge >= 0.3 is 0 Å². The van der Waals surface area contributed by atoms with Gasteiger partial charge in [-0.15, -0.1) is 0 Å². The van der Waals surface area contributed by atoms with Crippen LogP contribution < -0.4 is 5.32 Å². The summed E-state index contributed by atoms with van der Waals surface area (Å²) >= 11 is 1.98. The summed E-state index contributed by atoms with van der Waals surface area (Å²) in [6.45, 7) is 2.06. The van der Waals surface area contributed by atoms with Gasteiger partial charge in [0.1, 0.15) is 5.82 Å². The summed E-state index contributed by atoms with van der Waals surface area (Å²) in [5.41, 5.74) is 1.92. The Bertz CT molecular complexity index is 1180. The molecule has 208 valence electrons. The lowest BCUT2D eigenvalue weighted by molar-refractivity contribution is -0.126. The molecule has 1 saturated heterocycles. The van der Waals surface area contributed by atoms with Crippen LogP contribution in [0.2, 0.25) is 0 Å². The van der Waals surface area contributed by atoms with Gasteiger partial charge in [-0.3, -0.25) is 19.4 Å². The minimum atomic E-state index is -0.734. The molecule has 0 spiro atoms. The van der Waals surface area contributed by atoms with Crippen LogP contribution in [-0.2, 0) is 9.59 Å². The summed E-state index contributed by atoms with van der Waals surface area (Å²) in [7, 11) is 0. The molecule has 0 bridgehead atoms. The van der Waals surface area contributed by atoms with Crippen LogP contribution in [0.3, 0.4) is 0 Å². The standard InChI is InChI=1S/C32H39FN2O3S/c1-20(22-5-3-2-4-6-22)17-28(36)35-25-10-8-23(9-11-25)29-31(37)26(12-7-21-13-15-39-16-14-21)30-27(32(29)38)18-24(33)19-34-30/h2-6,18-21,23,25-26,29H,7-17H2,1H3,(H,35,36)/t20-,23?,25?,26?,29?/m1/s1. The Balaban J connectivity index is 1.21. The summed E-state index contributed by atoms with van der Waals surface area (Å²) in [6, 6.07) is 11.4. The van der Waals surface area contributed by atoms with Gasteiger partial charge in [0.25, 0.3) is 0 Å². The molecular weight excluding hydrogens is 511 g/mol. The highest BCUT2D eigenvalue weighted by molar-refractivity contribution is 7.99. The van der Waals surface area contributed by atoms with Crippen molar-refractivity contribution in [2.75, 3.05) is 11.5 Å². The fourth-order valence-electron chi connectivity index (χ4n) is 6.80. The van der Waals surface area contributed by atoms with Crippen LogP contribution in [0.25, 0.3) is 0 Å². The Morgan fingerprint density at radius 2 is 1.77 bits per heavy atom. The van der Waals surface area contributed by atoms with Gasteiger partial charge in [-0.25, -0.2) is 4.39 Å². The number of Topliss-reactive ketones (excluding diaryl/α,β-unsaturated/α-hetero) is 2. The van der Waals surface area contributed by atoms with Crippen molar-refractivity contribution >= 4 is 29.2 Å². The Labute approximate surface area is 235 Å². The third-order valence-corrected chi connectivity index (χ3v) is 10.1. The summed E-state index contributed by atoms with van der Waals surface area (Å²) in [4.78, 5) is 44.4. The van der Waals surface area contributed by atoms with Crippen molar-refractivity contribution in [2.45, 2.75) is 82.6 Å². The number of fused-ring (bicyclic) bond motifs is 1. The summed E-state index contributed by atoms with van der Waals surface area (Å²) < 4.78 is 14.2. The van der Waals surface area contributed by atoms with E-state index < -0.39 is 17.7 Å². The predicted octanol–water partition coefficient (Wildman–Crippen LogP) is 6.48. The molecule has 2 heterocycles. The molecule has 5 nitrogen and oxygen atoms in total. The van der Waals surface area contributed by atoms with E-state index in [1.165, 1.54) is 6.07 Å². The first kappa shape index (κ1) is 28.0. The molecule has 2 unspecified atom stereocenters. The van der Waals surface area contributed by atoms with Crippen LogP contribution in [0.4, 0.5) is 4.39 Å². The van der Waals surface area contributed by atoms with Crippen LogP contribution >= 0.6 is 11.8 Å². The molecule has 2 fully saturated rings. The molecule has 2 aromatic rings. The lowest BCUT2D eigenvalue weighted by Crippen LogP contribution is -2.44. The lowest BCUT2D eigenvalue weighted by atomic mass is 9.66. The predicted molar refractivity (Wildman–Crippen MR) is 152 cm³/mol. The first-order valence-electron chi connectivity index (χ1n) is 14.6. The van der Waals surface area contributed by atoms with Crippen molar-refractivity contribution in [3.05, 3.63) is 65.2 Å². The minimum Gasteiger partial charge on any atom is -0.353 e. The third-order valence-electron chi connectivity index (χ3n) is 9.09. The average Bonchev–Trinajstić information content (AvgIpc) is 2.95. The number of nitrogens with one attached hydrogen (secondary N) is 1. The molecule has 0 radical (unpaired) electrons. The molecule has 1 N–H and O–H groups in total. The maximum atomic E-state index is 14.2. The third kappa shape index (κ3) is 6.62. The molecule has 39 heavy (non-hydrogen) atoms. The topological polar surface area (TPSA) is 76.1 Å². The number of carbonyl (C=O) groups is 3. The second kappa shape index (κ2) is 12.8. The number of pyridine rings is 1. The monoisotopic (exact) mass is 550 g/mol. The lowest BCUT2D eigenvalue weighted by Gasteiger charge is -2.37. The molecule has 2 aliphatic carbocycles. The fourth-order valence-corrected chi connectivity index (χ4v) is 8.00. The van der Waals surface area contributed by atoms with Crippen LogP contribution in [0.1, 0.15) is 98.2 Å². The maximum absolute atomic E-state index is 14.2. The number of benzene rings is 1. The Kier molecular flexibility index (Phi) is 9.16. The minimum absolute atomic E-state index is 0.0269. The SMILES string of the molecule is C[C@H](CC(=O)NC1CCC(C2C(=O)c3cc(F)cnc3C(CCC3CCSCC3)C2=O)CC1)c1ccccc1. The second-order valence-electron chi connectivity index (χ2n) is 11.7. The van der Waals surface area contributed by atoms with E-state index in [-0.39, 0.29) is 35.4 Å². The zero-order valence-electron chi connectivity index (χ0n) is 22.7. The molecule has 1 aromatic heterocycles. The van der Waals surface area contributed by atoms with Crippen LogP contribution in [-0.4, -0.2) is 40.0 Å². The second-order valence-corrected chi connectivity index (χ2v) is 12.9. The number of hydrogen-bond donors (Lipinski definition) is 1. The van der Waals surface area contributed by atoms with E-state index in [0.29, 0.717) is 42.9 Å². The van der Waals surface area contributed by atoms with Crippen LogP contribution in [0.5, 0.6) is 0 Å². The quantitative estimate of drug-likeness (QED) is 0.381. The van der Waals surface area contributed by atoms with Gasteiger partial charge in [0.15, 0.2) is 11.6 Å². The van der Waals surface area contributed by atoms with Crippen molar-refractivity contribution in [2.24, 2.45) is 17.8 Å². The smallest absolute Gasteiger partial charge is 0.220 e. The highest BCUT2D eigenvalue weighted by Crippen LogP contribution is 2.42. The Morgan fingerprint density at radius 1 is 1.05 bits per heavy atom. The van der Waals surface area contributed by atoms with E-state index in [0.717, 1.165) is 55.4 Å². The molecule has 5 rings (SSSR count). The highest BCUT2D eigenvalue weighted by Gasteiger charge is 2.46. The number of amides is 1. The normalized spacial score (nSPS) is 26.6. The van der Waals surface area contributed by atoms with Gasteiger partial charge < -0.3 is 5.32 Å². The highest BCUT2D eigenvalue weighted by atomic mass is 32.2. The summed E-state index contributed by atoms with van der Waals surface area (Å²) in [5, 5.41) is 3.18. The van der Waals surface area contributed by atoms with E-state index in [1.807, 2.05) is 42.1 Å². The molecule has 3 aliphatic rings. The zero-order valence-corrected chi connectivity index (χ0v) is 23.6. The number of nitrogens with zero attached hydrogens (tertiary/aromatic N) is 1. The maximum Gasteiger partial charge on any atom is 0.220 e. The van der Waals surface area contributed by atoms with Crippen LogP contribution in [0, 0.1) is 23.6 Å². The van der Waals surface area contributed by atoms with E-state index >= 15 is 0 Å². The molecule has 1 saturated carbocycles. The number of ketones is 2. The van der Waals surface area contributed by atoms with Crippen molar-refractivity contribution in [3.8, 4) is 0 Å². The van der Waals surface area contributed by atoms with Gasteiger partial charge in [-0.1, -0.05) is 37.3 Å². The average molecular weight is 551 g/mol. The van der Waals surface area contributed by atoms with E-state index in [2.05, 4.69) is 17.2 Å². The van der Waals surface area contributed by atoms with Crippen molar-refractivity contribution in [1.29, 1.82) is 0 Å².